The van der Waals surface area contributed by atoms with Crippen LogP contribution in [0.1, 0.15) is 30.5 Å². The molecule has 30 heavy (non-hydrogen) atoms. The minimum atomic E-state index is 0.169. The molecule has 0 N–H and O–H groups in total. The lowest BCUT2D eigenvalue weighted by atomic mass is 10.1. The van der Waals surface area contributed by atoms with Gasteiger partial charge in [0.2, 0.25) is 0 Å². The minimum absolute atomic E-state index is 0.169. The summed E-state index contributed by atoms with van der Waals surface area (Å²) in [6.45, 7) is 3.85. The molecule has 0 amide bonds. The second-order valence-corrected chi connectivity index (χ2v) is 8.72. The van der Waals surface area contributed by atoms with E-state index in [2.05, 4.69) is 0 Å². The van der Waals surface area contributed by atoms with E-state index >= 15 is 0 Å². The monoisotopic (exact) mass is 464 g/mol. The number of nitrogens with zero attached hydrogens (tertiary/aromatic N) is 2. The Labute approximate surface area is 191 Å². The first-order valence-electron chi connectivity index (χ1n) is 10.0. The van der Waals surface area contributed by atoms with Gasteiger partial charge in [-0.05, 0) is 56.5 Å². The summed E-state index contributed by atoms with van der Waals surface area (Å²) < 4.78 is 13.6. The van der Waals surface area contributed by atoms with E-state index in [1.807, 2.05) is 48.0 Å². The molecule has 1 fully saturated rings. The molecule has 1 atom stereocenters. The normalized spacial score (nSPS) is 16.7. The fraction of sp³-hybridized carbons (Fsp3) is 0.348. The second kappa shape index (κ2) is 9.71. The number of hydrogen-bond acceptors (Lipinski definition) is 3. The van der Waals surface area contributed by atoms with Crippen LogP contribution in [-0.2, 0) is 16.1 Å². The molecule has 2 aromatic carbocycles. The molecular weight excluding hydrogens is 443 g/mol. The van der Waals surface area contributed by atoms with Crippen LogP contribution in [-0.4, -0.2) is 29.1 Å². The van der Waals surface area contributed by atoms with Crippen molar-refractivity contribution in [1.82, 2.24) is 9.78 Å². The van der Waals surface area contributed by atoms with Crippen molar-refractivity contribution in [2.45, 2.75) is 38.9 Å². The molecule has 1 saturated heterocycles. The third-order valence-corrected chi connectivity index (χ3v) is 6.08. The van der Waals surface area contributed by atoms with E-state index in [1.165, 1.54) is 6.42 Å². The van der Waals surface area contributed by atoms with Crippen molar-refractivity contribution in [3.05, 3.63) is 68.8 Å². The van der Waals surface area contributed by atoms with E-state index in [9.17, 15) is 0 Å². The first-order valence-corrected chi connectivity index (χ1v) is 11.2. The molecule has 0 bridgehead atoms. The van der Waals surface area contributed by atoms with Crippen molar-refractivity contribution in [3.63, 3.8) is 0 Å². The largest absolute Gasteiger partial charge is 0.376 e. The Balaban J connectivity index is 1.66. The highest BCUT2D eigenvalue weighted by Gasteiger charge is 2.20. The average molecular weight is 466 g/mol. The summed E-state index contributed by atoms with van der Waals surface area (Å²) in [6.07, 6.45) is 3.54. The van der Waals surface area contributed by atoms with Crippen LogP contribution in [0.3, 0.4) is 0 Å². The molecule has 0 saturated carbocycles. The quantitative estimate of drug-likeness (QED) is 0.397. The third-order valence-electron chi connectivity index (χ3n) is 5.29. The van der Waals surface area contributed by atoms with Gasteiger partial charge in [-0.25, -0.2) is 4.68 Å². The molecule has 0 radical (unpaired) electrons. The van der Waals surface area contributed by atoms with Crippen LogP contribution in [0.5, 0.6) is 0 Å². The maximum Gasteiger partial charge on any atom is 0.0921 e. The van der Waals surface area contributed by atoms with Crippen LogP contribution in [0.25, 0.3) is 16.9 Å². The highest BCUT2D eigenvalue weighted by Crippen LogP contribution is 2.33. The van der Waals surface area contributed by atoms with Crippen LogP contribution in [0.15, 0.2) is 42.5 Å². The van der Waals surface area contributed by atoms with Gasteiger partial charge < -0.3 is 9.47 Å². The Bertz CT molecular complexity index is 1010. The Hall–Kier alpha value is -1.56. The Kier molecular flexibility index (Phi) is 7.01. The third kappa shape index (κ3) is 4.84. The highest BCUT2D eigenvalue weighted by atomic mass is 35.5. The van der Waals surface area contributed by atoms with E-state index in [1.54, 1.807) is 6.07 Å². The van der Waals surface area contributed by atoms with Gasteiger partial charge in [0.1, 0.15) is 0 Å². The number of aromatic nitrogens is 2. The average Bonchev–Trinajstić information content (AvgIpc) is 3.05. The predicted octanol–water partition coefficient (Wildman–Crippen LogP) is 6.89. The zero-order valence-electron chi connectivity index (χ0n) is 16.7. The van der Waals surface area contributed by atoms with Gasteiger partial charge >= 0.3 is 0 Å². The first kappa shape index (κ1) is 21.7. The smallest absolute Gasteiger partial charge is 0.0921 e. The van der Waals surface area contributed by atoms with Gasteiger partial charge in [-0.1, -0.05) is 46.9 Å². The van der Waals surface area contributed by atoms with Crippen molar-refractivity contribution in [1.29, 1.82) is 0 Å². The summed E-state index contributed by atoms with van der Waals surface area (Å²) in [5.41, 5.74) is 4.60. The summed E-state index contributed by atoms with van der Waals surface area (Å²) in [6, 6.07) is 13.1. The fourth-order valence-corrected chi connectivity index (χ4v) is 4.29. The summed E-state index contributed by atoms with van der Waals surface area (Å²) in [5.74, 6) is 0. The van der Waals surface area contributed by atoms with Gasteiger partial charge in [0.15, 0.2) is 0 Å². The molecule has 0 aliphatic carbocycles. The zero-order chi connectivity index (χ0) is 21.1. The summed E-state index contributed by atoms with van der Waals surface area (Å²) in [7, 11) is 0. The maximum absolute atomic E-state index is 6.50. The van der Waals surface area contributed by atoms with E-state index in [-0.39, 0.29) is 6.10 Å². The molecule has 1 aromatic heterocycles. The predicted molar refractivity (Wildman–Crippen MR) is 122 cm³/mol. The van der Waals surface area contributed by atoms with Crippen molar-refractivity contribution < 1.29 is 9.47 Å². The van der Waals surface area contributed by atoms with E-state index in [0.29, 0.717) is 28.3 Å². The number of ether oxygens (including phenoxy) is 2. The van der Waals surface area contributed by atoms with Crippen molar-refractivity contribution in [3.8, 4) is 16.9 Å². The number of benzene rings is 2. The molecule has 2 heterocycles. The SMILES string of the molecule is Cc1c(COCC2CCCCO2)nn(-c2ccc(Cl)cc2Cl)c1-c1ccc(Cl)cc1. The fourth-order valence-electron chi connectivity index (χ4n) is 3.68. The lowest BCUT2D eigenvalue weighted by Crippen LogP contribution is -2.24. The van der Waals surface area contributed by atoms with Crippen molar-refractivity contribution in [2.24, 2.45) is 0 Å². The number of rotatable bonds is 6. The van der Waals surface area contributed by atoms with Crippen LogP contribution >= 0.6 is 34.8 Å². The van der Waals surface area contributed by atoms with Gasteiger partial charge in [-0.3, -0.25) is 0 Å². The molecule has 7 heteroatoms. The summed E-state index contributed by atoms with van der Waals surface area (Å²) in [5, 5.41) is 6.64. The molecule has 3 aromatic rings. The zero-order valence-corrected chi connectivity index (χ0v) is 19.0. The van der Waals surface area contributed by atoms with E-state index in [0.717, 1.165) is 47.7 Å². The van der Waals surface area contributed by atoms with Crippen molar-refractivity contribution in [2.75, 3.05) is 13.2 Å². The lowest BCUT2D eigenvalue weighted by molar-refractivity contribution is -0.0453. The van der Waals surface area contributed by atoms with Gasteiger partial charge in [-0.15, -0.1) is 0 Å². The van der Waals surface area contributed by atoms with E-state index < -0.39 is 0 Å². The van der Waals surface area contributed by atoms with Crippen LogP contribution in [0.4, 0.5) is 0 Å². The van der Waals surface area contributed by atoms with E-state index in [4.69, 9.17) is 49.4 Å². The second-order valence-electron chi connectivity index (χ2n) is 7.44. The molecular formula is C23H23Cl3N2O2. The van der Waals surface area contributed by atoms with Crippen LogP contribution < -0.4 is 0 Å². The molecule has 1 aliphatic heterocycles. The summed E-state index contributed by atoms with van der Waals surface area (Å²) >= 11 is 18.7. The van der Waals surface area contributed by atoms with Crippen LogP contribution in [0.2, 0.25) is 15.1 Å². The standard InChI is InChI=1S/C23H23Cl3N2O2/c1-15-21(14-29-13-19-4-2-3-11-30-19)27-28(22-10-9-18(25)12-20(22)26)23(15)16-5-7-17(24)8-6-16/h5-10,12,19H,2-4,11,13-14H2,1H3. The first-order chi connectivity index (χ1) is 14.5. The Morgan fingerprint density at radius 2 is 1.83 bits per heavy atom. The molecule has 4 rings (SSSR count). The van der Waals surface area contributed by atoms with Gasteiger partial charge in [0.05, 0.1) is 41.4 Å². The molecule has 1 unspecified atom stereocenters. The molecule has 0 spiro atoms. The molecule has 1 aliphatic rings. The number of halogens is 3. The topological polar surface area (TPSA) is 36.3 Å². The lowest BCUT2D eigenvalue weighted by Gasteiger charge is -2.22. The highest BCUT2D eigenvalue weighted by molar-refractivity contribution is 6.35. The summed E-state index contributed by atoms with van der Waals surface area (Å²) in [4.78, 5) is 0. The van der Waals surface area contributed by atoms with Gasteiger partial charge in [0.25, 0.3) is 0 Å². The maximum atomic E-state index is 6.50. The van der Waals surface area contributed by atoms with Gasteiger partial charge in [-0.2, -0.15) is 5.10 Å². The Morgan fingerprint density at radius 1 is 1.07 bits per heavy atom. The minimum Gasteiger partial charge on any atom is -0.376 e. The molecule has 4 nitrogen and oxygen atoms in total. The van der Waals surface area contributed by atoms with Crippen LogP contribution in [0, 0.1) is 6.92 Å². The number of hydrogen-bond donors (Lipinski definition) is 0. The van der Waals surface area contributed by atoms with Gasteiger partial charge in [0, 0.05) is 27.8 Å². The van der Waals surface area contributed by atoms with Crippen molar-refractivity contribution >= 4 is 34.8 Å². The Morgan fingerprint density at radius 3 is 2.53 bits per heavy atom. The molecule has 158 valence electrons.